The number of hydrogen-bond acceptors (Lipinski definition) is 4. The number of hydrogen-bond donors (Lipinski definition) is 2. The van der Waals surface area contributed by atoms with Crippen LogP contribution < -0.4 is 20.1 Å². The second-order valence-corrected chi connectivity index (χ2v) is 6.10. The Labute approximate surface area is 155 Å². The first kappa shape index (κ1) is 19.8. The zero-order valence-corrected chi connectivity index (χ0v) is 15.8. The number of rotatable bonds is 10. The summed E-state index contributed by atoms with van der Waals surface area (Å²) in [5.41, 5.74) is 2.95. The summed E-state index contributed by atoms with van der Waals surface area (Å²) in [5.74, 6) is 1.44. The highest BCUT2D eigenvalue weighted by Crippen LogP contribution is 2.27. The normalized spacial score (nSPS) is 10.4. The molecule has 0 saturated carbocycles. The number of nitrogens with one attached hydrogen (secondary N) is 2. The molecule has 0 atom stereocenters. The molecule has 2 rings (SSSR count). The van der Waals surface area contributed by atoms with Crippen molar-refractivity contribution in [2.24, 2.45) is 0 Å². The first-order valence-electron chi connectivity index (χ1n) is 8.96. The molecule has 0 fully saturated rings. The first-order chi connectivity index (χ1) is 12.7. The Hall–Kier alpha value is -2.53. The lowest BCUT2D eigenvalue weighted by molar-refractivity contribution is 0.0953. The van der Waals surface area contributed by atoms with Crippen LogP contribution in [0, 0.1) is 0 Å². The molecule has 2 aromatic carbocycles. The third kappa shape index (κ3) is 5.77. The second kappa shape index (κ2) is 10.5. The molecule has 0 saturated heterocycles. The summed E-state index contributed by atoms with van der Waals surface area (Å²) >= 11 is 0. The molecule has 0 heterocycles. The average Bonchev–Trinajstić information content (AvgIpc) is 2.68. The van der Waals surface area contributed by atoms with Crippen LogP contribution in [-0.4, -0.2) is 26.7 Å². The number of carbonyl (C=O) groups excluding carboxylic acids is 1. The van der Waals surface area contributed by atoms with Gasteiger partial charge in [0.05, 0.1) is 14.2 Å². The van der Waals surface area contributed by atoms with Crippen LogP contribution in [0.15, 0.2) is 42.5 Å². The quantitative estimate of drug-likeness (QED) is 0.640. The van der Waals surface area contributed by atoms with Gasteiger partial charge in [0.15, 0.2) is 11.5 Å². The van der Waals surface area contributed by atoms with E-state index < -0.39 is 0 Å². The Morgan fingerprint density at radius 1 is 0.923 bits per heavy atom. The van der Waals surface area contributed by atoms with E-state index in [0.717, 1.165) is 55.1 Å². The highest BCUT2D eigenvalue weighted by atomic mass is 16.5. The zero-order valence-electron chi connectivity index (χ0n) is 15.8. The van der Waals surface area contributed by atoms with Gasteiger partial charge in [0.25, 0.3) is 5.91 Å². The Morgan fingerprint density at radius 3 is 2.23 bits per heavy atom. The summed E-state index contributed by atoms with van der Waals surface area (Å²) < 4.78 is 10.6. The monoisotopic (exact) mass is 356 g/mol. The van der Waals surface area contributed by atoms with Gasteiger partial charge in [-0.1, -0.05) is 31.5 Å². The zero-order chi connectivity index (χ0) is 18.8. The van der Waals surface area contributed by atoms with Gasteiger partial charge in [-0.15, -0.1) is 0 Å². The smallest absolute Gasteiger partial charge is 0.251 e. The molecule has 2 aromatic rings. The van der Waals surface area contributed by atoms with E-state index in [9.17, 15) is 4.79 Å². The Balaban J connectivity index is 1.83. The summed E-state index contributed by atoms with van der Waals surface area (Å²) in [6, 6.07) is 13.6. The molecular weight excluding hydrogens is 328 g/mol. The summed E-state index contributed by atoms with van der Waals surface area (Å²) in [6.07, 6.45) is 2.08. The highest BCUT2D eigenvalue weighted by Gasteiger charge is 2.06. The molecule has 2 N–H and O–H groups in total. The number of methoxy groups -OCH3 is 2. The molecule has 0 aliphatic carbocycles. The minimum absolute atomic E-state index is 0.0108. The summed E-state index contributed by atoms with van der Waals surface area (Å²) in [5, 5.41) is 6.33. The lowest BCUT2D eigenvalue weighted by atomic mass is 10.1. The van der Waals surface area contributed by atoms with E-state index in [2.05, 4.69) is 17.6 Å². The fourth-order valence-electron chi connectivity index (χ4n) is 2.60. The van der Waals surface area contributed by atoms with Crippen LogP contribution >= 0.6 is 0 Å². The Kier molecular flexibility index (Phi) is 7.96. The van der Waals surface area contributed by atoms with Crippen molar-refractivity contribution in [1.82, 2.24) is 10.6 Å². The van der Waals surface area contributed by atoms with Crippen LogP contribution in [-0.2, 0) is 13.1 Å². The van der Waals surface area contributed by atoms with Crippen LogP contribution in [0.1, 0.15) is 41.3 Å². The van der Waals surface area contributed by atoms with Crippen molar-refractivity contribution in [3.63, 3.8) is 0 Å². The van der Waals surface area contributed by atoms with Gasteiger partial charge in [-0.2, -0.15) is 0 Å². The molecule has 0 bridgehead atoms. The number of amides is 1. The summed E-state index contributed by atoms with van der Waals surface area (Å²) in [4.78, 5) is 12.0. The third-order valence-corrected chi connectivity index (χ3v) is 4.14. The summed E-state index contributed by atoms with van der Waals surface area (Å²) in [7, 11) is 3.26. The SMILES string of the molecule is CCCCNC(=O)c1ccc(CNCc2ccc(OC)c(OC)c2)cc1. The molecular formula is C21H28N2O3. The van der Waals surface area contributed by atoms with E-state index in [-0.39, 0.29) is 5.91 Å². The molecule has 0 spiro atoms. The van der Waals surface area contributed by atoms with E-state index in [1.54, 1.807) is 14.2 Å². The maximum absolute atomic E-state index is 12.0. The molecule has 0 aliphatic rings. The van der Waals surface area contributed by atoms with Crippen molar-refractivity contribution < 1.29 is 14.3 Å². The van der Waals surface area contributed by atoms with Crippen LogP contribution in [0.25, 0.3) is 0 Å². The molecule has 0 aliphatic heterocycles. The van der Waals surface area contributed by atoms with Gasteiger partial charge in [-0.25, -0.2) is 0 Å². The lowest BCUT2D eigenvalue weighted by Gasteiger charge is -2.10. The minimum atomic E-state index is -0.0108. The van der Waals surface area contributed by atoms with Crippen LogP contribution in [0.4, 0.5) is 0 Å². The highest BCUT2D eigenvalue weighted by molar-refractivity contribution is 5.94. The van der Waals surface area contributed by atoms with Crippen molar-refractivity contribution in [2.45, 2.75) is 32.9 Å². The molecule has 1 amide bonds. The second-order valence-electron chi connectivity index (χ2n) is 6.10. The number of carbonyl (C=O) groups is 1. The molecule has 0 aromatic heterocycles. The Bertz CT molecular complexity index is 699. The Morgan fingerprint density at radius 2 is 1.58 bits per heavy atom. The summed E-state index contributed by atoms with van der Waals surface area (Å²) in [6.45, 7) is 4.28. The number of ether oxygens (including phenoxy) is 2. The molecule has 26 heavy (non-hydrogen) atoms. The first-order valence-corrected chi connectivity index (χ1v) is 8.96. The minimum Gasteiger partial charge on any atom is -0.493 e. The standard InChI is InChI=1S/C21H28N2O3/c1-4-5-12-23-21(24)18-9-6-16(7-10-18)14-22-15-17-8-11-19(25-2)20(13-17)26-3/h6-11,13,22H,4-5,12,14-15H2,1-3H3,(H,23,24). The van der Waals surface area contributed by atoms with E-state index in [4.69, 9.17) is 9.47 Å². The van der Waals surface area contributed by atoms with Gasteiger partial charge in [0.2, 0.25) is 0 Å². The molecule has 140 valence electrons. The predicted molar refractivity (Wildman–Crippen MR) is 104 cm³/mol. The van der Waals surface area contributed by atoms with Gasteiger partial charge < -0.3 is 20.1 Å². The average molecular weight is 356 g/mol. The van der Waals surface area contributed by atoms with Gasteiger partial charge >= 0.3 is 0 Å². The predicted octanol–water partition coefficient (Wildman–Crippen LogP) is 3.52. The van der Waals surface area contributed by atoms with Gasteiger partial charge in [-0.3, -0.25) is 4.79 Å². The van der Waals surface area contributed by atoms with Gasteiger partial charge in [0, 0.05) is 25.2 Å². The van der Waals surface area contributed by atoms with E-state index in [1.165, 1.54) is 0 Å². The van der Waals surface area contributed by atoms with Crippen molar-refractivity contribution in [3.8, 4) is 11.5 Å². The lowest BCUT2D eigenvalue weighted by Crippen LogP contribution is -2.24. The maximum atomic E-state index is 12.0. The fourth-order valence-corrected chi connectivity index (χ4v) is 2.60. The van der Waals surface area contributed by atoms with Crippen molar-refractivity contribution in [2.75, 3.05) is 20.8 Å². The molecule has 5 nitrogen and oxygen atoms in total. The van der Waals surface area contributed by atoms with Gasteiger partial charge in [0.1, 0.15) is 0 Å². The maximum Gasteiger partial charge on any atom is 0.251 e. The van der Waals surface area contributed by atoms with Crippen molar-refractivity contribution in [3.05, 3.63) is 59.2 Å². The van der Waals surface area contributed by atoms with Crippen LogP contribution in [0.3, 0.4) is 0 Å². The van der Waals surface area contributed by atoms with Gasteiger partial charge in [-0.05, 0) is 41.8 Å². The fraction of sp³-hybridized carbons (Fsp3) is 0.381. The number of benzene rings is 2. The van der Waals surface area contributed by atoms with E-state index >= 15 is 0 Å². The van der Waals surface area contributed by atoms with Crippen LogP contribution in [0.2, 0.25) is 0 Å². The largest absolute Gasteiger partial charge is 0.493 e. The topological polar surface area (TPSA) is 59.6 Å². The van der Waals surface area contributed by atoms with Crippen molar-refractivity contribution in [1.29, 1.82) is 0 Å². The van der Waals surface area contributed by atoms with Crippen molar-refractivity contribution >= 4 is 5.91 Å². The van der Waals surface area contributed by atoms with E-state index in [1.807, 2.05) is 42.5 Å². The third-order valence-electron chi connectivity index (χ3n) is 4.14. The van der Waals surface area contributed by atoms with Crippen LogP contribution in [0.5, 0.6) is 11.5 Å². The molecule has 0 radical (unpaired) electrons. The molecule has 0 unspecified atom stereocenters. The molecule has 5 heteroatoms. The number of unbranched alkanes of at least 4 members (excludes halogenated alkanes) is 1. The van der Waals surface area contributed by atoms with E-state index in [0.29, 0.717) is 5.56 Å².